The maximum absolute atomic E-state index is 13.7. The molecule has 0 unspecified atom stereocenters. The zero-order chi connectivity index (χ0) is 19.0. The molecule has 2 aromatic carbocycles. The molecule has 6 heteroatoms. The van der Waals surface area contributed by atoms with Crippen molar-refractivity contribution in [1.82, 2.24) is 14.6 Å². The van der Waals surface area contributed by atoms with Gasteiger partial charge in [-0.2, -0.15) is 5.10 Å². The molecule has 0 N–H and O–H groups in total. The minimum atomic E-state index is -0.895. The molecule has 0 spiro atoms. The lowest BCUT2D eigenvalue weighted by atomic mass is 10.1. The molecule has 4 aromatic rings. The van der Waals surface area contributed by atoms with E-state index in [1.54, 1.807) is 16.8 Å². The highest BCUT2D eigenvalue weighted by Crippen LogP contribution is 2.31. The van der Waals surface area contributed by atoms with E-state index >= 15 is 0 Å². The van der Waals surface area contributed by atoms with Gasteiger partial charge in [-0.05, 0) is 55.8 Å². The SMILES string of the molecule is CCOc1ccc(-c2c(C)nn3c(-c4ccc(F)c(F)c4)ccnc23)cc1. The van der Waals surface area contributed by atoms with Gasteiger partial charge in [-0.25, -0.2) is 18.3 Å². The Balaban J connectivity index is 1.86. The van der Waals surface area contributed by atoms with E-state index in [-0.39, 0.29) is 0 Å². The summed E-state index contributed by atoms with van der Waals surface area (Å²) in [7, 11) is 0. The zero-order valence-corrected chi connectivity index (χ0v) is 14.9. The molecule has 0 saturated heterocycles. The molecule has 4 rings (SSSR count). The number of aromatic nitrogens is 3. The van der Waals surface area contributed by atoms with E-state index < -0.39 is 11.6 Å². The molecule has 27 heavy (non-hydrogen) atoms. The Morgan fingerprint density at radius 2 is 1.70 bits per heavy atom. The maximum atomic E-state index is 13.7. The van der Waals surface area contributed by atoms with Crippen molar-refractivity contribution in [3.8, 4) is 28.1 Å². The molecule has 0 aliphatic carbocycles. The van der Waals surface area contributed by atoms with E-state index in [0.717, 1.165) is 34.7 Å². The minimum Gasteiger partial charge on any atom is -0.494 e. The first-order chi connectivity index (χ1) is 13.1. The molecule has 0 bridgehead atoms. The lowest BCUT2D eigenvalue weighted by molar-refractivity contribution is 0.340. The third kappa shape index (κ3) is 3.03. The monoisotopic (exact) mass is 365 g/mol. The molecular formula is C21H17F2N3O. The normalized spacial score (nSPS) is 11.1. The van der Waals surface area contributed by atoms with Crippen molar-refractivity contribution in [2.24, 2.45) is 0 Å². The number of hydrogen-bond acceptors (Lipinski definition) is 3. The zero-order valence-electron chi connectivity index (χ0n) is 14.9. The third-order valence-corrected chi connectivity index (χ3v) is 4.36. The number of rotatable bonds is 4. The smallest absolute Gasteiger partial charge is 0.163 e. The second-order valence-electron chi connectivity index (χ2n) is 6.11. The summed E-state index contributed by atoms with van der Waals surface area (Å²) in [5, 5.41) is 4.58. The molecule has 2 aromatic heterocycles. The number of benzene rings is 2. The summed E-state index contributed by atoms with van der Waals surface area (Å²) in [5.41, 5.74) is 4.46. The summed E-state index contributed by atoms with van der Waals surface area (Å²) < 4.78 is 34.1. The fourth-order valence-electron chi connectivity index (χ4n) is 3.15. The van der Waals surface area contributed by atoms with Crippen molar-refractivity contribution in [2.45, 2.75) is 13.8 Å². The van der Waals surface area contributed by atoms with Crippen LogP contribution in [0.25, 0.3) is 28.0 Å². The van der Waals surface area contributed by atoms with Crippen LogP contribution >= 0.6 is 0 Å². The Labute approximate surface area is 155 Å². The summed E-state index contributed by atoms with van der Waals surface area (Å²) in [6, 6.07) is 13.3. The van der Waals surface area contributed by atoms with Crippen LogP contribution in [0.4, 0.5) is 8.78 Å². The predicted molar refractivity (Wildman–Crippen MR) is 99.7 cm³/mol. The highest BCUT2D eigenvalue weighted by atomic mass is 19.2. The van der Waals surface area contributed by atoms with E-state index in [4.69, 9.17) is 4.74 Å². The topological polar surface area (TPSA) is 39.4 Å². The first-order valence-corrected chi connectivity index (χ1v) is 8.61. The van der Waals surface area contributed by atoms with E-state index in [0.29, 0.717) is 23.5 Å². The molecule has 0 saturated carbocycles. The second-order valence-corrected chi connectivity index (χ2v) is 6.11. The van der Waals surface area contributed by atoms with E-state index in [1.807, 2.05) is 38.1 Å². The molecule has 0 aliphatic heterocycles. The quantitative estimate of drug-likeness (QED) is 0.508. The molecule has 0 fully saturated rings. The van der Waals surface area contributed by atoms with Crippen molar-refractivity contribution >= 4 is 5.65 Å². The van der Waals surface area contributed by atoms with Gasteiger partial charge in [0.05, 0.1) is 18.0 Å². The number of fused-ring (bicyclic) bond motifs is 1. The third-order valence-electron chi connectivity index (χ3n) is 4.36. The summed E-state index contributed by atoms with van der Waals surface area (Å²) in [5.74, 6) is -0.977. The van der Waals surface area contributed by atoms with Gasteiger partial charge in [0.25, 0.3) is 0 Å². The van der Waals surface area contributed by atoms with Crippen molar-refractivity contribution < 1.29 is 13.5 Å². The largest absolute Gasteiger partial charge is 0.494 e. The van der Waals surface area contributed by atoms with Gasteiger partial charge in [-0.15, -0.1) is 0 Å². The van der Waals surface area contributed by atoms with Gasteiger partial charge in [0.15, 0.2) is 17.3 Å². The van der Waals surface area contributed by atoms with E-state index in [1.165, 1.54) is 6.07 Å². The van der Waals surface area contributed by atoms with Gasteiger partial charge in [0.2, 0.25) is 0 Å². The molecule has 2 heterocycles. The molecule has 0 atom stereocenters. The van der Waals surface area contributed by atoms with Crippen LogP contribution in [-0.2, 0) is 0 Å². The van der Waals surface area contributed by atoms with Gasteiger partial charge >= 0.3 is 0 Å². The highest BCUT2D eigenvalue weighted by Gasteiger charge is 2.16. The lowest BCUT2D eigenvalue weighted by Gasteiger charge is -2.07. The average molecular weight is 365 g/mol. The molecule has 4 nitrogen and oxygen atoms in total. The van der Waals surface area contributed by atoms with Crippen LogP contribution in [0.2, 0.25) is 0 Å². The average Bonchev–Trinajstić information content (AvgIpc) is 3.01. The summed E-state index contributed by atoms with van der Waals surface area (Å²) in [6.07, 6.45) is 1.64. The van der Waals surface area contributed by atoms with E-state index in [9.17, 15) is 8.78 Å². The van der Waals surface area contributed by atoms with Crippen molar-refractivity contribution in [2.75, 3.05) is 6.61 Å². The van der Waals surface area contributed by atoms with Crippen LogP contribution in [0.3, 0.4) is 0 Å². The predicted octanol–water partition coefficient (Wildman–Crippen LogP) is 5.05. The molecular weight excluding hydrogens is 348 g/mol. The van der Waals surface area contributed by atoms with Gasteiger partial charge < -0.3 is 4.74 Å². The van der Waals surface area contributed by atoms with Crippen LogP contribution in [0.15, 0.2) is 54.7 Å². The Morgan fingerprint density at radius 1 is 0.963 bits per heavy atom. The number of hydrogen-bond donors (Lipinski definition) is 0. The Morgan fingerprint density at radius 3 is 2.41 bits per heavy atom. The highest BCUT2D eigenvalue weighted by molar-refractivity contribution is 5.81. The number of nitrogens with zero attached hydrogens (tertiary/aromatic N) is 3. The number of aryl methyl sites for hydroxylation is 1. The van der Waals surface area contributed by atoms with Crippen LogP contribution in [0, 0.1) is 18.6 Å². The molecule has 0 aliphatic rings. The van der Waals surface area contributed by atoms with Crippen LogP contribution < -0.4 is 4.74 Å². The maximum Gasteiger partial charge on any atom is 0.163 e. The van der Waals surface area contributed by atoms with Gasteiger partial charge in [0, 0.05) is 17.3 Å². The fourth-order valence-corrected chi connectivity index (χ4v) is 3.15. The summed E-state index contributed by atoms with van der Waals surface area (Å²) in [4.78, 5) is 4.46. The van der Waals surface area contributed by atoms with Crippen molar-refractivity contribution in [3.63, 3.8) is 0 Å². The van der Waals surface area contributed by atoms with Crippen molar-refractivity contribution in [1.29, 1.82) is 0 Å². The van der Waals surface area contributed by atoms with Gasteiger partial charge in [0.1, 0.15) is 5.75 Å². The van der Waals surface area contributed by atoms with Crippen molar-refractivity contribution in [3.05, 3.63) is 72.1 Å². The fraction of sp³-hybridized carbons (Fsp3) is 0.143. The van der Waals surface area contributed by atoms with Crippen LogP contribution in [0.1, 0.15) is 12.6 Å². The standard InChI is InChI=1S/C21H17F2N3O/c1-3-27-16-7-4-14(5-8-16)20-13(2)25-26-19(10-11-24-21(20)26)15-6-9-17(22)18(23)12-15/h4-12H,3H2,1-2H3. The van der Waals surface area contributed by atoms with Crippen LogP contribution in [0.5, 0.6) is 5.75 Å². The van der Waals surface area contributed by atoms with Gasteiger partial charge in [-0.3, -0.25) is 0 Å². The summed E-state index contributed by atoms with van der Waals surface area (Å²) >= 11 is 0. The molecule has 136 valence electrons. The van der Waals surface area contributed by atoms with Crippen LogP contribution in [-0.4, -0.2) is 21.2 Å². The first kappa shape index (κ1) is 17.1. The molecule has 0 amide bonds. The Kier molecular flexibility index (Phi) is 4.32. The van der Waals surface area contributed by atoms with Gasteiger partial charge in [-0.1, -0.05) is 12.1 Å². The lowest BCUT2D eigenvalue weighted by Crippen LogP contribution is -1.97. The number of halogens is 2. The Bertz CT molecular complexity index is 1120. The first-order valence-electron chi connectivity index (χ1n) is 8.61. The molecule has 0 radical (unpaired) electrons. The minimum absolute atomic E-state index is 0.530. The number of ether oxygens (including phenoxy) is 1. The summed E-state index contributed by atoms with van der Waals surface area (Å²) in [6.45, 7) is 4.44. The Hall–Kier alpha value is -3.28. The van der Waals surface area contributed by atoms with E-state index in [2.05, 4.69) is 10.1 Å². The second kappa shape index (κ2) is 6.79.